The molecule has 0 aliphatic carbocycles. The van der Waals surface area contributed by atoms with Crippen LogP contribution in [0.2, 0.25) is 0 Å². The van der Waals surface area contributed by atoms with Gasteiger partial charge in [0, 0.05) is 12.1 Å². The molecule has 104 valence electrons. The SMILES string of the molecule is C=C1NNC(=O)C1CC(=O)NN=Cc1ccc(C)cc1. The van der Waals surface area contributed by atoms with Gasteiger partial charge in [0.05, 0.1) is 12.1 Å². The predicted octanol–water partition coefficient (Wildman–Crippen LogP) is 0.600. The van der Waals surface area contributed by atoms with Crippen LogP contribution in [0.5, 0.6) is 0 Å². The highest BCUT2D eigenvalue weighted by Gasteiger charge is 2.29. The molecule has 20 heavy (non-hydrogen) atoms. The van der Waals surface area contributed by atoms with E-state index in [0.29, 0.717) is 5.70 Å². The molecule has 3 N–H and O–H groups in total. The summed E-state index contributed by atoms with van der Waals surface area (Å²) in [6.07, 6.45) is 1.57. The van der Waals surface area contributed by atoms with E-state index in [9.17, 15) is 9.59 Å². The molecule has 1 saturated heterocycles. The van der Waals surface area contributed by atoms with Gasteiger partial charge in [-0.2, -0.15) is 5.10 Å². The number of nitrogens with zero attached hydrogens (tertiary/aromatic N) is 1. The van der Waals surface area contributed by atoms with Crippen LogP contribution >= 0.6 is 0 Å². The molecular weight excluding hydrogens is 256 g/mol. The van der Waals surface area contributed by atoms with Crippen LogP contribution in [0.3, 0.4) is 0 Å². The molecule has 0 spiro atoms. The number of hydrogen-bond acceptors (Lipinski definition) is 4. The Bertz CT molecular complexity index is 547. The zero-order valence-corrected chi connectivity index (χ0v) is 11.1. The summed E-state index contributed by atoms with van der Waals surface area (Å²) in [5.41, 5.74) is 9.94. The van der Waals surface area contributed by atoms with Crippen molar-refractivity contribution in [1.82, 2.24) is 16.3 Å². The molecule has 1 heterocycles. The fraction of sp³-hybridized carbons (Fsp3) is 0.214. The molecule has 6 heteroatoms. The maximum atomic E-state index is 11.7. The van der Waals surface area contributed by atoms with Crippen molar-refractivity contribution in [3.63, 3.8) is 0 Å². The van der Waals surface area contributed by atoms with Crippen molar-refractivity contribution in [3.8, 4) is 0 Å². The average Bonchev–Trinajstić information content (AvgIpc) is 2.73. The average molecular weight is 272 g/mol. The van der Waals surface area contributed by atoms with Gasteiger partial charge in [0.1, 0.15) is 0 Å². The van der Waals surface area contributed by atoms with E-state index in [1.165, 1.54) is 0 Å². The van der Waals surface area contributed by atoms with E-state index in [1.54, 1.807) is 6.21 Å². The van der Waals surface area contributed by atoms with E-state index in [0.717, 1.165) is 11.1 Å². The number of benzene rings is 1. The summed E-state index contributed by atoms with van der Waals surface area (Å²) in [5.74, 6) is -1.14. The maximum absolute atomic E-state index is 11.7. The molecule has 1 aromatic carbocycles. The third-order valence-electron chi connectivity index (χ3n) is 2.95. The summed E-state index contributed by atoms with van der Waals surface area (Å²) in [4.78, 5) is 23.1. The lowest BCUT2D eigenvalue weighted by molar-refractivity contribution is -0.127. The predicted molar refractivity (Wildman–Crippen MR) is 75.4 cm³/mol. The number of hydrogen-bond donors (Lipinski definition) is 3. The summed E-state index contributed by atoms with van der Waals surface area (Å²) >= 11 is 0. The third kappa shape index (κ3) is 3.44. The second kappa shape index (κ2) is 6.01. The Balaban J connectivity index is 1.84. The van der Waals surface area contributed by atoms with Gasteiger partial charge >= 0.3 is 0 Å². The lowest BCUT2D eigenvalue weighted by atomic mass is 10.0. The van der Waals surface area contributed by atoms with Crippen molar-refractivity contribution in [2.24, 2.45) is 11.0 Å². The minimum Gasteiger partial charge on any atom is -0.302 e. The Labute approximate surface area is 116 Å². The first-order chi connectivity index (χ1) is 9.56. The number of nitrogens with one attached hydrogen (secondary N) is 3. The highest BCUT2D eigenvalue weighted by Crippen LogP contribution is 2.15. The van der Waals surface area contributed by atoms with E-state index < -0.39 is 5.92 Å². The zero-order chi connectivity index (χ0) is 14.5. The fourth-order valence-corrected chi connectivity index (χ4v) is 1.75. The van der Waals surface area contributed by atoms with Crippen LogP contribution in [0.15, 0.2) is 41.6 Å². The summed E-state index contributed by atoms with van der Waals surface area (Å²) in [6, 6.07) is 7.73. The van der Waals surface area contributed by atoms with Crippen LogP contribution in [0, 0.1) is 12.8 Å². The van der Waals surface area contributed by atoms with E-state index in [2.05, 4.69) is 28.0 Å². The molecule has 1 fully saturated rings. The topological polar surface area (TPSA) is 82.6 Å². The molecule has 1 aliphatic heterocycles. The lowest BCUT2D eigenvalue weighted by Crippen LogP contribution is -2.27. The number of hydrazone groups is 1. The molecule has 1 unspecified atom stereocenters. The van der Waals surface area contributed by atoms with E-state index in [4.69, 9.17) is 0 Å². The van der Waals surface area contributed by atoms with Crippen molar-refractivity contribution >= 4 is 18.0 Å². The Hall–Kier alpha value is -2.63. The number of carbonyl (C=O) groups is 2. The van der Waals surface area contributed by atoms with Crippen LogP contribution in [0.25, 0.3) is 0 Å². The lowest BCUT2D eigenvalue weighted by Gasteiger charge is -2.05. The van der Waals surface area contributed by atoms with Gasteiger partial charge in [-0.3, -0.25) is 15.0 Å². The molecule has 1 atom stereocenters. The highest BCUT2D eigenvalue weighted by atomic mass is 16.2. The molecule has 0 radical (unpaired) electrons. The minimum atomic E-state index is -0.551. The molecule has 0 aromatic heterocycles. The largest absolute Gasteiger partial charge is 0.302 e. The van der Waals surface area contributed by atoms with Crippen LogP contribution in [-0.4, -0.2) is 18.0 Å². The van der Waals surface area contributed by atoms with Crippen LogP contribution in [0.4, 0.5) is 0 Å². The Morgan fingerprint density at radius 3 is 2.70 bits per heavy atom. The van der Waals surface area contributed by atoms with Crippen molar-refractivity contribution in [2.45, 2.75) is 13.3 Å². The molecule has 1 aliphatic rings. The first-order valence-corrected chi connectivity index (χ1v) is 6.19. The maximum Gasteiger partial charge on any atom is 0.247 e. The summed E-state index contributed by atoms with van der Waals surface area (Å²) in [7, 11) is 0. The molecular formula is C14H16N4O2. The molecule has 2 rings (SSSR count). The highest BCUT2D eigenvalue weighted by molar-refractivity contribution is 5.89. The van der Waals surface area contributed by atoms with Gasteiger partial charge in [0.25, 0.3) is 0 Å². The Kier molecular flexibility index (Phi) is 4.14. The van der Waals surface area contributed by atoms with Gasteiger partial charge in [-0.1, -0.05) is 36.4 Å². The van der Waals surface area contributed by atoms with Crippen LogP contribution in [-0.2, 0) is 9.59 Å². The molecule has 0 saturated carbocycles. The quantitative estimate of drug-likeness (QED) is 0.554. The zero-order valence-electron chi connectivity index (χ0n) is 11.1. The number of rotatable bonds is 4. The third-order valence-corrected chi connectivity index (χ3v) is 2.95. The van der Waals surface area contributed by atoms with E-state index >= 15 is 0 Å². The fourth-order valence-electron chi connectivity index (χ4n) is 1.75. The van der Waals surface area contributed by atoms with Gasteiger partial charge in [-0.15, -0.1) is 0 Å². The van der Waals surface area contributed by atoms with E-state index in [-0.39, 0.29) is 18.2 Å². The number of carbonyl (C=O) groups excluding carboxylic acids is 2. The summed E-state index contributed by atoms with van der Waals surface area (Å²) < 4.78 is 0. The first-order valence-electron chi connectivity index (χ1n) is 6.19. The van der Waals surface area contributed by atoms with Crippen molar-refractivity contribution < 1.29 is 9.59 Å². The van der Waals surface area contributed by atoms with Crippen LogP contribution in [0.1, 0.15) is 17.5 Å². The second-order valence-corrected chi connectivity index (χ2v) is 4.60. The number of hydrazine groups is 1. The number of aryl methyl sites for hydroxylation is 1. The van der Waals surface area contributed by atoms with Crippen LogP contribution < -0.4 is 16.3 Å². The van der Waals surface area contributed by atoms with Crippen molar-refractivity contribution in [1.29, 1.82) is 0 Å². The summed E-state index contributed by atoms with van der Waals surface area (Å²) in [6.45, 7) is 5.66. The smallest absolute Gasteiger partial charge is 0.247 e. The molecule has 2 amide bonds. The normalized spacial score (nSPS) is 17.9. The first kappa shape index (κ1) is 13.8. The Morgan fingerprint density at radius 2 is 2.10 bits per heavy atom. The van der Waals surface area contributed by atoms with Gasteiger partial charge in [-0.05, 0) is 12.5 Å². The van der Waals surface area contributed by atoms with Crippen molar-refractivity contribution in [3.05, 3.63) is 47.7 Å². The molecule has 1 aromatic rings. The van der Waals surface area contributed by atoms with Gasteiger partial charge in [0.2, 0.25) is 11.8 Å². The monoisotopic (exact) mass is 272 g/mol. The van der Waals surface area contributed by atoms with Gasteiger partial charge in [0.15, 0.2) is 0 Å². The standard InChI is InChI=1S/C14H16N4O2/c1-9-3-5-11(6-4-9)8-15-17-13(19)7-12-10(2)16-18-14(12)20/h3-6,8,12,16H,2,7H2,1H3,(H,17,19)(H,18,20). The van der Waals surface area contributed by atoms with Gasteiger partial charge < -0.3 is 5.43 Å². The second-order valence-electron chi connectivity index (χ2n) is 4.60. The number of amides is 2. The van der Waals surface area contributed by atoms with Gasteiger partial charge in [-0.25, -0.2) is 5.43 Å². The molecule has 0 bridgehead atoms. The van der Waals surface area contributed by atoms with Crippen molar-refractivity contribution in [2.75, 3.05) is 0 Å². The summed E-state index contributed by atoms with van der Waals surface area (Å²) in [5, 5.41) is 3.86. The Morgan fingerprint density at radius 1 is 1.40 bits per heavy atom. The molecule has 6 nitrogen and oxygen atoms in total. The minimum absolute atomic E-state index is 0.0168. The van der Waals surface area contributed by atoms with E-state index in [1.807, 2.05) is 31.2 Å².